The van der Waals surface area contributed by atoms with Gasteiger partial charge in [-0.05, 0) is 60.4 Å². The van der Waals surface area contributed by atoms with Crippen LogP contribution in [-0.4, -0.2) is 88.4 Å². The number of hydrogen-bond donors (Lipinski definition) is 3. The Morgan fingerprint density at radius 3 is 1.98 bits per heavy atom. The van der Waals surface area contributed by atoms with Crippen LogP contribution in [0.4, 0.5) is 78.8 Å². The van der Waals surface area contributed by atoms with Gasteiger partial charge in [-0.1, -0.05) is 29.8 Å². The van der Waals surface area contributed by atoms with Crippen molar-refractivity contribution in [1.82, 2.24) is 19.9 Å². The molecule has 22 heteroatoms. The van der Waals surface area contributed by atoms with E-state index in [1.54, 1.807) is 12.4 Å². The van der Waals surface area contributed by atoms with Gasteiger partial charge in [0.05, 0.1) is 18.1 Å². The number of anilines is 6. The highest BCUT2D eigenvalue weighted by atomic mass is 35.5. The van der Waals surface area contributed by atoms with Gasteiger partial charge in [-0.25, -0.2) is 9.78 Å². The number of Topliss-reactive ketones (excluding diaryl/α,β-unsaturated/α-hetero) is 2. The Morgan fingerprint density at radius 1 is 0.768 bits per heavy atom. The summed E-state index contributed by atoms with van der Waals surface area (Å²) in [6.07, 6.45) is -10.6. The quantitative estimate of drug-likeness (QED) is 0.108. The molecule has 1 saturated heterocycles. The molecule has 2 aliphatic rings. The van der Waals surface area contributed by atoms with Gasteiger partial charge >= 0.3 is 36.1 Å². The van der Waals surface area contributed by atoms with E-state index < -0.39 is 36.4 Å². The van der Waals surface area contributed by atoms with Crippen LogP contribution in [0.15, 0.2) is 73.2 Å². The highest BCUT2D eigenvalue weighted by Crippen LogP contribution is 2.30. The highest BCUT2D eigenvalue weighted by molar-refractivity contribution is 6.41. The molecule has 2 aromatic carbocycles. The first kappa shape index (κ1) is 42.7. The summed E-state index contributed by atoms with van der Waals surface area (Å²) in [6.45, 7) is 2.92. The van der Waals surface area contributed by atoms with Crippen LogP contribution < -0.4 is 20.9 Å². The summed E-state index contributed by atoms with van der Waals surface area (Å²) in [5.74, 6) is -5.90. The number of carbonyl (C=O) groups excluding carboxylic acids is 4. The Labute approximate surface area is 316 Å². The topological polar surface area (TPSA) is 150 Å². The first-order valence-electron chi connectivity index (χ1n) is 16.0. The first-order valence-corrected chi connectivity index (χ1v) is 16.4. The number of ketones is 2. The van der Waals surface area contributed by atoms with Crippen LogP contribution >= 0.6 is 11.6 Å². The van der Waals surface area contributed by atoms with Crippen LogP contribution in [0, 0.1) is 0 Å². The Balaban J connectivity index is 0.000000323. The fourth-order valence-electron chi connectivity index (χ4n) is 5.01. The van der Waals surface area contributed by atoms with Crippen LogP contribution in [0.25, 0.3) is 0 Å². The fourth-order valence-corrected chi connectivity index (χ4v) is 5.15. The number of nitrogens with one attached hydrogen (secondary N) is 3. The Morgan fingerprint density at radius 2 is 1.39 bits per heavy atom. The van der Waals surface area contributed by atoms with Gasteiger partial charge in [0.1, 0.15) is 5.02 Å². The normalized spacial score (nSPS) is 14.0. The van der Waals surface area contributed by atoms with Crippen molar-refractivity contribution in [3.63, 3.8) is 0 Å². The molecule has 0 unspecified atom stereocenters. The van der Waals surface area contributed by atoms with Crippen LogP contribution in [0.1, 0.15) is 11.1 Å². The number of amides is 2. The smallest absolute Gasteiger partial charge is 0.368 e. The van der Waals surface area contributed by atoms with Crippen LogP contribution in [0.3, 0.4) is 0 Å². The summed E-state index contributed by atoms with van der Waals surface area (Å²) in [5, 5.41) is 10.1. The zero-order chi connectivity index (χ0) is 41.3. The molecular formula is C34H28ClF9N8O4. The summed E-state index contributed by atoms with van der Waals surface area (Å²) in [7, 11) is 0. The third-order valence-electron chi connectivity index (χ3n) is 7.63. The number of rotatable bonds is 3. The molecule has 6 bridgehead atoms. The van der Waals surface area contributed by atoms with Crippen molar-refractivity contribution in [2.75, 3.05) is 47.0 Å². The van der Waals surface area contributed by atoms with E-state index in [4.69, 9.17) is 16.4 Å². The molecule has 298 valence electrons. The van der Waals surface area contributed by atoms with Gasteiger partial charge in [0.25, 0.3) is 0 Å². The molecule has 1 fully saturated rings. The van der Waals surface area contributed by atoms with Crippen molar-refractivity contribution in [2.24, 2.45) is 0 Å². The lowest BCUT2D eigenvalue weighted by Crippen LogP contribution is -2.50. The van der Waals surface area contributed by atoms with E-state index >= 15 is 0 Å². The number of fused-ring (bicyclic) bond motifs is 6. The molecule has 3 N–H and O–H groups in total. The second-order valence-corrected chi connectivity index (χ2v) is 12.1. The molecular weight excluding hydrogens is 791 g/mol. The molecule has 0 aliphatic carbocycles. The number of aromatic nitrogens is 3. The molecule has 12 nitrogen and oxygen atoms in total. The minimum Gasteiger partial charge on any atom is -0.368 e. The van der Waals surface area contributed by atoms with Crippen molar-refractivity contribution in [3.8, 4) is 0 Å². The van der Waals surface area contributed by atoms with Gasteiger partial charge in [-0.15, -0.1) is 0 Å². The first-order chi connectivity index (χ1) is 26.2. The van der Waals surface area contributed by atoms with Gasteiger partial charge in [-0.2, -0.15) is 44.5 Å². The zero-order valence-electron chi connectivity index (χ0n) is 28.4. The van der Waals surface area contributed by atoms with E-state index in [0.29, 0.717) is 29.9 Å². The standard InChI is InChI=1S/C28H27ClN8O.C4F6O2.C2HF3O/c29-24-18-31-27-33-22-14-19(16-30-17-22)6-7-20-15-21(32-26(24)35-27)8-9-25(20)34-28(38)37-12-10-36(11-13-37)23-4-2-1-3-5-23;5-3(6,7)1(11)2(12)4(8,9)10;3-2(4,5)1-6/h1-5,8-9,14-18H,6-7,10-13H2,(H,34,38)(H2,31,32,33,35);;1H. The van der Waals surface area contributed by atoms with E-state index in [0.717, 1.165) is 54.1 Å². The van der Waals surface area contributed by atoms with E-state index in [1.165, 1.54) is 5.69 Å². The second kappa shape index (κ2) is 18.1. The van der Waals surface area contributed by atoms with E-state index in [9.17, 15) is 53.9 Å². The molecule has 0 spiro atoms. The molecule has 0 atom stereocenters. The molecule has 0 saturated carbocycles. The summed E-state index contributed by atoms with van der Waals surface area (Å²) < 4.78 is 98.2. The lowest BCUT2D eigenvalue weighted by molar-refractivity contribution is -0.193. The lowest BCUT2D eigenvalue weighted by atomic mass is 10.0. The summed E-state index contributed by atoms with van der Waals surface area (Å²) in [6, 6.07) is 18.1. The van der Waals surface area contributed by atoms with Crippen LogP contribution in [-0.2, 0) is 27.2 Å². The average molecular weight is 819 g/mol. The highest BCUT2D eigenvalue weighted by Gasteiger charge is 2.54. The predicted molar refractivity (Wildman–Crippen MR) is 185 cm³/mol. The Hall–Kier alpha value is -5.99. The van der Waals surface area contributed by atoms with Gasteiger partial charge in [0, 0.05) is 49.4 Å². The number of alkyl halides is 9. The van der Waals surface area contributed by atoms with E-state index in [2.05, 4.69) is 47.9 Å². The zero-order valence-corrected chi connectivity index (χ0v) is 29.2. The number of pyridine rings is 1. The Bertz CT molecular complexity index is 2000. The number of benzene rings is 2. The lowest BCUT2D eigenvalue weighted by Gasteiger charge is -2.36. The molecule has 56 heavy (non-hydrogen) atoms. The fraction of sp³-hybridized carbons (Fsp3) is 0.265. The maximum absolute atomic E-state index is 13.2. The molecule has 4 aromatic rings. The minimum absolute atomic E-state index is 0.0889. The number of carbonyl (C=O) groups is 4. The molecule has 0 radical (unpaired) electrons. The van der Waals surface area contributed by atoms with E-state index in [-0.39, 0.29) is 6.03 Å². The third kappa shape index (κ3) is 12.5. The van der Waals surface area contributed by atoms with Gasteiger partial charge in [0.2, 0.25) is 12.2 Å². The van der Waals surface area contributed by atoms with Crippen molar-refractivity contribution in [1.29, 1.82) is 0 Å². The predicted octanol–water partition coefficient (Wildman–Crippen LogP) is 7.46. The molecule has 2 amide bonds. The van der Waals surface area contributed by atoms with E-state index in [1.807, 2.05) is 53.6 Å². The number of aldehydes is 1. The largest absolute Gasteiger partial charge is 0.458 e. The van der Waals surface area contributed by atoms with Crippen molar-refractivity contribution in [2.45, 2.75) is 31.4 Å². The summed E-state index contributed by atoms with van der Waals surface area (Å²) in [5.41, 5.74) is 5.67. The van der Waals surface area contributed by atoms with Gasteiger partial charge < -0.3 is 25.8 Å². The molecule has 2 aromatic heterocycles. The maximum atomic E-state index is 13.2. The number of hydrogen-bond acceptors (Lipinski definition) is 10. The van der Waals surface area contributed by atoms with Crippen LogP contribution in [0.2, 0.25) is 5.02 Å². The number of aryl methyl sites for hydroxylation is 2. The monoisotopic (exact) mass is 818 g/mol. The maximum Gasteiger partial charge on any atom is 0.458 e. The Kier molecular flexibility index (Phi) is 13.8. The van der Waals surface area contributed by atoms with Crippen molar-refractivity contribution >= 4 is 70.0 Å². The van der Waals surface area contributed by atoms with Crippen molar-refractivity contribution in [3.05, 3.63) is 89.3 Å². The third-order valence-corrected chi connectivity index (χ3v) is 7.91. The number of piperazine rings is 1. The number of para-hydroxylation sites is 1. The summed E-state index contributed by atoms with van der Waals surface area (Å²) >= 11 is 6.37. The van der Waals surface area contributed by atoms with Crippen molar-refractivity contribution < 1.29 is 58.7 Å². The van der Waals surface area contributed by atoms with Crippen LogP contribution in [0.5, 0.6) is 0 Å². The SMILES string of the molecule is O=C(C(=O)C(F)(F)F)C(F)(F)F.O=C(Nc1ccc2cc1CCc1cncc(c1)Nc1ncc(Cl)c(n1)N2)N1CCN(c2ccccc2)CC1.O=CC(F)(F)F. The second-order valence-electron chi connectivity index (χ2n) is 11.6. The summed E-state index contributed by atoms with van der Waals surface area (Å²) in [4.78, 5) is 58.5. The average Bonchev–Trinajstić information content (AvgIpc) is 3.15. The number of urea groups is 1. The molecule has 6 rings (SSSR count). The number of nitrogens with zero attached hydrogens (tertiary/aromatic N) is 5. The minimum atomic E-state index is -5.77. The molecule has 2 aliphatic heterocycles. The van der Waals surface area contributed by atoms with Gasteiger partial charge in [0.15, 0.2) is 5.82 Å². The number of halogens is 10. The van der Waals surface area contributed by atoms with Gasteiger partial charge in [-0.3, -0.25) is 19.4 Å². The molecule has 4 heterocycles.